The standard InChI is InChI=1S/C7H10O/c8-7-4-5-1-2-6(7)3-5/h5-6H,1-4H2/t5-,6+/m0/s1. The molecule has 2 bridgehead atoms. The summed E-state index contributed by atoms with van der Waals surface area (Å²) in [7, 11) is 0. The van der Waals surface area contributed by atoms with Crippen molar-refractivity contribution in [1.82, 2.24) is 0 Å². The lowest BCUT2D eigenvalue weighted by Crippen LogP contribution is -2.07. The van der Waals surface area contributed by atoms with E-state index in [2.05, 4.69) is 0 Å². The molecule has 2 aliphatic rings. The van der Waals surface area contributed by atoms with E-state index in [1.807, 2.05) is 0 Å². The van der Waals surface area contributed by atoms with Gasteiger partial charge in [0.1, 0.15) is 5.78 Å². The number of Topliss-reactive ketones (excluding diaryl/α,β-unsaturated/α-hetero) is 1. The highest BCUT2D eigenvalue weighted by Crippen LogP contribution is 2.41. The Labute approximate surface area is 49.1 Å². The Morgan fingerprint density at radius 1 is 1.38 bits per heavy atom. The molecule has 1 nitrogen and oxygen atoms in total. The van der Waals surface area contributed by atoms with E-state index in [1.165, 1.54) is 19.3 Å². The fourth-order valence-electron chi connectivity index (χ4n) is 2.00. The molecule has 1 heteroatoms. The van der Waals surface area contributed by atoms with Gasteiger partial charge in [-0.1, -0.05) is 0 Å². The van der Waals surface area contributed by atoms with Crippen molar-refractivity contribution in [2.75, 3.05) is 0 Å². The van der Waals surface area contributed by atoms with Crippen LogP contribution in [-0.4, -0.2) is 5.78 Å². The van der Waals surface area contributed by atoms with E-state index in [9.17, 15) is 4.79 Å². The molecule has 0 aromatic heterocycles. The van der Waals surface area contributed by atoms with E-state index < -0.39 is 0 Å². The lowest BCUT2D eigenvalue weighted by atomic mass is 10.00. The molecule has 2 rings (SSSR count). The third-order valence-electron chi connectivity index (χ3n) is 2.49. The van der Waals surface area contributed by atoms with Crippen LogP contribution >= 0.6 is 0 Å². The van der Waals surface area contributed by atoms with Gasteiger partial charge in [0.05, 0.1) is 0 Å². The van der Waals surface area contributed by atoms with Crippen molar-refractivity contribution in [3.63, 3.8) is 0 Å². The van der Waals surface area contributed by atoms with Crippen molar-refractivity contribution in [3.05, 3.63) is 0 Å². The quantitative estimate of drug-likeness (QED) is 0.460. The first kappa shape index (κ1) is 4.54. The Morgan fingerprint density at radius 2 is 2.25 bits per heavy atom. The maximum Gasteiger partial charge on any atom is 0.136 e. The molecule has 2 aliphatic carbocycles. The van der Waals surface area contributed by atoms with Gasteiger partial charge >= 0.3 is 0 Å². The molecule has 0 N–H and O–H groups in total. The summed E-state index contributed by atoms with van der Waals surface area (Å²) in [6.07, 6.45) is 4.66. The molecule has 0 heterocycles. The van der Waals surface area contributed by atoms with E-state index in [1.54, 1.807) is 0 Å². The average molecular weight is 110 g/mol. The molecular formula is C7H10O. The summed E-state index contributed by atoms with van der Waals surface area (Å²) in [6, 6.07) is 0. The molecule has 0 unspecified atom stereocenters. The zero-order valence-corrected chi connectivity index (χ0v) is 4.89. The van der Waals surface area contributed by atoms with E-state index in [0.717, 1.165) is 12.3 Å². The lowest BCUT2D eigenvalue weighted by molar-refractivity contribution is -0.121. The molecule has 0 saturated heterocycles. The number of fused-ring (bicyclic) bond motifs is 2. The van der Waals surface area contributed by atoms with Crippen LogP contribution in [0.4, 0.5) is 0 Å². The number of hydrogen-bond acceptors (Lipinski definition) is 1. The Balaban J connectivity index is 2.22. The van der Waals surface area contributed by atoms with Crippen molar-refractivity contribution in [2.24, 2.45) is 11.8 Å². The minimum Gasteiger partial charge on any atom is -0.299 e. The number of hydrogen-bond donors (Lipinski definition) is 0. The molecule has 44 valence electrons. The minimum absolute atomic E-state index is 0.500. The predicted octanol–water partition coefficient (Wildman–Crippen LogP) is 1.38. The highest BCUT2D eigenvalue weighted by molar-refractivity contribution is 5.84. The number of carbonyl (C=O) groups is 1. The topological polar surface area (TPSA) is 17.1 Å². The monoisotopic (exact) mass is 110 g/mol. The summed E-state index contributed by atoms with van der Waals surface area (Å²) >= 11 is 0. The van der Waals surface area contributed by atoms with Crippen LogP contribution in [0.25, 0.3) is 0 Å². The molecule has 0 amide bonds. The van der Waals surface area contributed by atoms with Crippen molar-refractivity contribution in [2.45, 2.75) is 25.7 Å². The Hall–Kier alpha value is -0.330. The molecule has 0 aliphatic heterocycles. The van der Waals surface area contributed by atoms with Crippen LogP contribution in [0.2, 0.25) is 0 Å². The third kappa shape index (κ3) is 0.445. The van der Waals surface area contributed by atoms with Gasteiger partial charge in [-0.05, 0) is 25.2 Å². The van der Waals surface area contributed by atoms with E-state index in [4.69, 9.17) is 0 Å². The maximum absolute atomic E-state index is 10.8. The second-order valence-electron chi connectivity index (χ2n) is 3.05. The normalized spacial score (nSPS) is 43.8. The van der Waals surface area contributed by atoms with Gasteiger partial charge in [-0.15, -0.1) is 0 Å². The summed E-state index contributed by atoms with van der Waals surface area (Å²) in [5.41, 5.74) is 0. The summed E-state index contributed by atoms with van der Waals surface area (Å²) in [4.78, 5) is 10.8. The van der Waals surface area contributed by atoms with Gasteiger partial charge in [0.25, 0.3) is 0 Å². The second-order valence-corrected chi connectivity index (χ2v) is 3.05. The third-order valence-corrected chi connectivity index (χ3v) is 2.49. The SMILES string of the molecule is O=C1C[C@H]2CC[C@@H]1C2. The van der Waals surface area contributed by atoms with Crippen LogP contribution in [0.3, 0.4) is 0 Å². The minimum atomic E-state index is 0.500. The summed E-state index contributed by atoms with van der Waals surface area (Å²) in [5.74, 6) is 1.84. The number of carbonyl (C=O) groups excluding carboxylic acids is 1. The fourth-order valence-corrected chi connectivity index (χ4v) is 2.00. The Kier molecular flexibility index (Phi) is 0.758. The molecule has 2 atom stereocenters. The molecule has 2 fully saturated rings. The van der Waals surface area contributed by atoms with Crippen LogP contribution in [-0.2, 0) is 4.79 Å². The average Bonchev–Trinajstić information content (AvgIpc) is 2.23. The van der Waals surface area contributed by atoms with Gasteiger partial charge in [0, 0.05) is 12.3 Å². The van der Waals surface area contributed by atoms with Crippen LogP contribution in [0.15, 0.2) is 0 Å². The van der Waals surface area contributed by atoms with Crippen LogP contribution < -0.4 is 0 Å². The van der Waals surface area contributed by atoms with Crippen LogP contribution in [0.5, 0.6) is 0 Å². The zero-order chi connectivity index (χ0) is 5.56. The molecule has 0 aromatic rings. The second kappa shape index (κ2) is 1.34. The molecular weight excluding hydrogens is 100 g/mol. The van der Waals surface area contributed by atoms with E-state index in [-0.39, 0.29) is 0 Å². The molecule has 0 radical (unpaired) electrons. The number of ketones is 1. The van der Waals surface area contributed by atoms with Crippen molar-refractivity contribution < 1.29 is 4.79 Å². The molecule has 0 aromatic carbocycles. The highest BCUT2D eigenvalue weighted by atomic mass is 16.1. The molecule has 0 spiro atoms. The fraction of sp³-hybridized carbons (Fsp3) is 0.857. The van der Waals surface area contributed by atoms with Gasteiger partial charge < -0.3 is 0 Å². The van der Waals surface area contributed by atoms with E-state index >= 15 is 0 Å². The van der Waals surface area contributed by atoms with Crippen LogP contribution in [0.1, 0.15) is 25.7 Å². The van der Waals surface area contributed by atoms with Crippen molar-refractivity contribution in [3.8, 4) is 0 Å². The lowest BCUT2D eigenvalue weighted by Gasteiger charge is -2.04. The van der Waals surface area contributed by atoms with Gasteiger partial charge in [-0.25, -0.2) is 0 Å². The summed E-state index contributed by atoms with van der Waals surface area (Å²) in [5, 5.41) is 0. The van der Waals surface area contributed by atoms with E-state index in [0.29, 0.717) is 11.7 Å². The van der Waals surface area contributed by atoms with Crippen molar-refractivity contribution >= 4 is 5.78 Å². The Bertz CT molecular complexity index is 128. The first-order valence-electron chi connectivity index (χ1n) is 3.39. The maximum atomic E-state index is 10.8. The zero-order valence-electron chi connectivity index (χ0n) is 4.89. The first-order chi connectivity index (χ1) is 3.86. The highest BCUT2D eigenvalue weighted by Gasteiger charge is 2.37. The summed E-state index contributed by atoms with van der Waals surface area (Å²) in [6.45, 7) is 0. The first-order valence-corrected chi connectivity index (χ1v) is 3.39. The largest absolute Gasteiger partial charge is 0.299 e. The van der Waals surface area contributed by atoms with Gasteiger partial charge in [-0.3, -0.25) is 4.79 Å². The molecule has 2 saturated carbocycles. The van der Waals surface area contributed by atoms with Crippen LogP contribution in [0, 0.1) is 11.8 Å². The summed E-state index contributed by atoms with van der Waals surface area (Å²) < 4.78 is 0. The van der Waals surface area contributed by atoms with Gasteiger partial charge in [0.2, 0.25) is 0 Å². The Morgan fingerprint density at radius 3 is 2.50 bits per heavy atom. The molecule has 8 heavy (non-hydrogen) atoms. The van der Waals surface area contributed by atoms with Crippen molar-refractivity contribution in [1.29, 1.82) is 0 Å². The predicted molar refractivity (Wildman–Crippen MR) is 30.5 cm³/mol. The number of rotatable bonds is 0. The smallest absolute Gasteiger partial charge is 0.136 e. The van der Waals surface area contributed by atoms with Gasteiger partial charge in [-0.2, -0.15) is 0 Å². The van der Waals surface area contributed by atoms with Gasteiger partial charge in [0.15, 0.2) is 0 Å².